The van der Waals surface area contributed by atoms with Gasteiger partial charge in [-0.25, -0.2) is 0 Å². The van der Waals surface area contributed by atoms with E-state index in [-0.39, 0.29) is 6.61 Å². The van der Waals surface area contributed by atoms with Crippen LogP contribution in [0, 0.1) is 0 Å². The molecule has 0 fully saturated rings. The molecule has 6 heteroatoms. The van der Waals surface area contributed by atoms with Crippen LogP contribution in [0.15, 0.2) is 18.2 Å². The number of aliphatic hydroxyl groups is 1. The lowest BCUT2D eigenvalue weighted by molar-refractivity contribution is 0.267. The smallest absolute Gasteiger partial charge is 0.165 e. The van der Waals surface area contributed by atoms with Crippen molar-refractivity contribution >= 4 is 23.2 Å². The molecule has 1 heterocycles. The molecule has 16 heavy (non-hydrogen) atoms. The van der Waals surface area contributed by atoms with Crippen LogP contribution in [0.2, 0.25) is 10.0 Å². The summed E-state index contributed by atoms with van der Waals surface area (Å²) in [7, 11) is 1.76. The van der Waals surface area contributed by atoms with Crippen molar-refractivity contribution in [2.75, 3.05) is 0 Å². The number of halogens is 2. The molecule has 0 aliphatic rings. The van der Waals surface area contributed by atoms with Crippen molar-refractivity contribution in [1.29, 1.82) is 0 Å². The van der Waals surface area contributed by atoms with Crippen LogP contribution in [-0.4, -0.2) is 19.9 Å². The Labute approximate surface area is 102 Å². The average molecular weight is 258 g/mol. The van der Waals surface area contributed by atoms with Gasteiger partial charge in [0.1, 0.15) is 6.61 Å². The van der Waals surface area contributed by atoms with Gasteiger partial charge in [0, 0.05) is 12.6 Å². The summed E-state index contributed by atoms with van der Waals surface area (Å²) in [4.78, 5) is 0. The third-order valence-corrected chi connectivity index (χ3v) is 3.12. The van der Waals surface area contributed by atoms with Crippen molar-refractivity contribution in [2.24, 2.45) is 7.05 Å². The van der Waals surface area contributed by atoms with Crippen LogP contribution in [0.25, 0.3) is 11.4 Å². The summed E-state index contributed by atoms with van der Waals surface area (Å²) >= 11 is 12.0. The van der Waals surface area contributed by atoms with Gasteiger partial charge in [-0.2, -0.15) is 0 Å². The van der Waals surface area contributed by atoms with E-state index in [2.05, 4.69) is 10.2 Å². The van der Waals surface area contributed by atoms with Crippen LogP contribution < -0.4 is 0 Å². The highest BCUT2D eigenvalue weighted by Gasteiger charge is 2.14. The topological polar surface area (TPSA) is 50.9 Å². The molecule has 0 amide bonds. The van der Waals surface area contributed by atoms with Gasteiger partial charge in [-0.3, -0.25) is 0 Å². The van der Waals surface area contributed by atoms with E-state index in [1.165, 1.54) is 0 Å². The van der Waals surface area contributed by atoms with Gasteiger partial charge in [-0.1, -0.05) is 29.3 Å². The molecule has 0 saturated heterocycles. The first-order valence-corrected chi connectivity index (χ1v) is 5.34. The molecule has 1 aromatic heterocycles. The van der Waals surface area contributed by atoms with Crippen molar-refractivity contribution in [3.63, 3.8) is 0 Å². The summed E-state index contributed by atoms with van der Waals surface area (Å²) in [5, 5.41) is 17.7. The molecular weight excluding hydrogens is 249 g/mol. The predicted octanol–water partition coefficient (Wildman–Crippen LogP) is 2.28. The molecule has 2 aromatic rings. The molecule has 0 unspecified atom stereocenters. The van der Waals surface area contributed by atoms with Gasteiger partial charge >= 0.3 is 0 Å². The highest BCUT2D eigenvalue weighted by Crippen LogP contribution is 2.32. The molecule has 2 rings (SSSR count). The lowest BCUT2D eigenvalue weighted by Gasteiger charge is -2.05. The maximum atomic E-state index is 9.02. The third-order valence-electron chi connectivity index (χ3n) is 2.30. The summed E-state index contributed by atoms with van der Waals surface area (Å²) in [5.74, 6) is 1.06. The molecular formula is C10H9Cl2N3O. The summed E-state index contributed by atoms with van der Waals surface area (Å²) in [6.07, 6.45) is 0. The SMILES string of the molecule is Cn1c(CO)nnc1-c1cccc(Cl)c1Cl. The molecule has 0 saturated carbocycles. The van der Waals surface area contributed by atoms with Gasteiger partial charge in [-0.15, -0.1) is 10.2 Å². The Hall–Kier alpha value is -1.10. The highest BCUT2D eigenvalue weighted by molar-refractivity contribution is 6.43. The first-order chi connectivity index (χ1) is 7.65. The van der Waals surface area contributed by atoms with E-state index in [9.17, 15) is 0 Å². The first kappa shape index (κ1) is 11.4. The minimum atomic E-state index is -0.165. The minimum Gasteiger partial charge on any atom is -0.388 e. The van der Waals surface area contributed by atoms with E-state index in [0.717, 1.165) is 0 Å². The zero-order valence-electron chi connectivity index (χ0n) is 8.48. The zero-order chi connectivity index (χ0) is 11.7. The lowest BCUT2D eigenvalue weighted by atomic mass is 10.2. The highest BCUT2D eigenvalue weighted by atomic mass is 35.5. The van der Waals surface area contributed by atoms with E-state index < -0.39 is 0 Å². The number of hydrogen-bond donors (Lipinski definition) is 1. The fraction of sp³-hybridized carbons (Fsp3) is 0.200. The Morgan fingerprint density at radius 1 is 1.31 bits per heavy atom. The van der Waals surface area contributed by atoms with E-state index >= 15 is 0 Å². The maximum absolute atomic E-state index is 9.02. The molecule has 0 atom stereocenters. The van der Waals surface area contributed by atoms with Gasteiger partial charge < -0.3 is 9.67 Å². The van der Waals surface area contributed by atoms with Crippen molar-refractivity contribution < 1.29 is 5.11 Å². The average Bonchev–Trinajstić information content (AvgIpc) is 2.64. The molecule has 0 radical (unpaired) electrons. The number of benzene rings is 1. The summed E-state index contributed by atoms with van der Waals surface area (Å²) in [6, 6.07) is 5.30. The Morgan fingerprint density at radius 2 is 2.06 bits per heavy atom. The van der Waals surface area contributed by atoms with Crippen LogP contribution in [0.1, 0.15) is 5.82 Å². The van der Waals surface area contributed by atoms with Crippen LogP contribution in [-0.2, 0) is 13.7 Å². The molecule has 1 N–H and O–H groups in total. The largest absolute Gasteiger partial charge is 0.388 e. The summed E-state index contributed by atoms with van der Waals surface area (Å²) < 4.78 is 1.68. The Bertz CT molecular complexity index is 525. The van der Waals surface area contributed by atoms with Crippen LogP contribution in [0.3, 0.4) is 0 Å². The molecule has 84 valence electrons. The Morgan fingerprint density at radius 3 is 2.69 bits per heavy atom. The quantitative estimate of drug-likeness (QED) is 0.898. The number of aliphatic hydroxyl groups excluding tert-OH is 1. The van der Waals surface area contributed by atoms with Gasteiger partial charge in [0.2, 0.25) is 0 Å². The van der Waals surface area contributed by atoms with Crippen LogP contribution in [0.4, 0.5) is 0 Å². The first-order valence-electron chi connectivity index (χ1n) is 4.58. The van der Waals surface area contributed by atoms with E-state index in [4.69, 9.17) is 28.3 Å². The third kappa shape index (κ3) is 1.80. The molecule has 0 bridgehead atoms. The zero-order valence-corrected chi connectivity index (χ0v) is 10.00. The van der Waals surface area contributed by atoms with E-state index in [1.807, 2.05) is 0 Å². The van der Waals surface area contributed by atoms with Gasteiger partial charge in [0.05, 0.1) is 10.0 Å². The van der Waals surface area contributed by atoms with E-state index in [0.29, 0.717) is 27.3 Å². The van der Waals surface area contributed by atoms with Crippen molar-refractivity contribution in [3.8, 4) is 11.4 Å². The predicted molar refractivity (Wildman–Crippen MR) is 62.4 cm³/mol. The standard InChI is InChI=1S/C10H9Cl2N3O/c1-15-8(5-16)13-14-10(15)6-3-2-4-7(11)9(6)12/h2-4,16H,5H2,1H3. The second-order valence-electron chi connectivity index (χ2n) is 3.26. The van der Waals surface area contributed by atoms with Gasteiger partial charge in [0.15, 0.2) is 11.6 Å². The van der Waals surface area contributed by atoms with Crippen molar-refractivity contribution in [1.82, 2.24) is 14.8 Å². The number of nitrogens with zero attached hydrogens (tertiary/aromatic N) is 3. The number of rotatable bonds is 2. The summed E-state index contributed by atoms with van der Waals surface area (Å²) in [5.41, 5.74) is 0.698. The number of aromatic nitrogens is 3. The normalized spacial score (nSPS) is 10.8. The number of hydrogen-bond acceptors (Lipinski definition) is 3. The Balaban J connectivity index is 2.59. The molecule has 1 aromatic carbocycles. The van der Waals surface area contributed by atoms with Crippen LogP contribution in [0.5, 0.6) is 0 Å². The van der Waals surface area contributed by atoms with Gasteiger partial charge in [0.25, 0.3) is 0 Å². The fourth-order valence-electron chi connectivity index (χ4n) is 1.41. The molecule has 4 nitrogen and oxygen atoms in total. The van der Waals surface area contributed by atoms with Crippen molar-refractivity contribution in [2.45, 2.75) is 6.61 Å². The molecule has 0 aliphatic heterocycles. The second-order valence-corrected chi connectivity index (χ2v) is 4.04. The van der Waals surface area contributed by atoms with Gasteiger partial charge in [-0.05, 0) is 12.1 Å². The fourth-order valence-corrected chi connectivity index (χ4v) is 1.80. The molecule has 0 aliphatic carbocycles. The second kappa shape index (κ2) is 4.41. The maximum Gasteiger partial charge on any atom is 0.165 e. The minimum absolute atomic E-state index is 0.165. The summed E-state index contributed by atoms with van der Waals surface area (Å²) in [6.45, 7) is -0.165. The lowest BCUT2D eigenvalue weighted by Crippen LogP contribution is -1.99. The Kier molecular flexibility index (Phi) is 3.14. The monoisotopic (exact) mass is 257 g/mol. The van der Waals surface area contributed by atoms with Crippen molar-refractivity contribution in [3.05, 3.63) is 34.1 Å². The molecule has 0 spiro atoms. The van der Waals surface area contributed by atoms with E-state index in [1.54, 1.807) is 29.8 Å². The van der Waals surface area contributed by atoms with Crippen LogP contribution >= 0.6 is 23.2 Å².